The molecule has 12 nitrogen and oxygen atoms in total. The number of anilines is 1. The third-order valence-electron chi connectivity index (χ3n) is 17.9. The number of ether oxygens (including phenoxy) is 1. The van der Waals surface area contributed by atoms with Gasteiger partial charge in [0.25, 0.3) is 0 Å². The van der Waals surface area contributed by atoms with Crippen LogP contribution in [0.15, 0.2) is 109 Å². The largest absolute Gasteiger partial charge is 0.507 e. The van der Waals surface area contributed by atoms with Gasteiger partial charge in [0.1, 0.15) is 11.6 Å². The first kappa shape index (κ1) is 53.1. The number of rotatable bonds is 4. The molecule has 2 aliphatic heterocycles. The summed E-state index contributed by atoms with van der Waals surface area (Å²) in [5.41, 5.74) is 6.80. The second-order valence-corrected chi connectivity index (χ2v) is 22.7. The van der Waals surface area contributed by atoms with Gasteiger partial charge in [0, 0.05) is 73.7 Å². The number of nitrogens with one attached hydrogen (secondary N) is 4. The zero-order chi connectivity index (χ0) is 53.1. The van der Waals surface area contributed by atoms with Crippen molar-refractivity contribution >= 4 is 28.0 Å². The van der Waals surface area contributed by atoms with Crippen molar-refractivity contribution in [2.45, 2.75) is 127 Å². The molecule has 9 N–H and O–H groups in total. The number of ketones is 2. The van der Waals surface area contributed by atoms with Crippen molar-refractivity contribution in [2.24, 2.45) is 35.0 Å². The highest BCUT2D eigenvalue weighted by atomic mass is 16.5. The van der Waals surface area contributed by atoms with E-state index >= 15 is 4.79 Å². The fourth-order valence-corrected chi connectivity index (χ4v) is 13.9. The summed E-state index contributed by atoms with van der Waals surface area (Å²) in [4.78, 5) is 33.0. The van der Waals surface area contributed by atoms with Crippen LogP contribution in [0.4, 0.5) is 5.69 Å². The van der Waals surface area contributed by atoms with E-state index in [0.29, 0.717) is 56.3 Å². The van der Waals surface area contributed by atoms with Crippen LogP contribution in [0.2, 0.25) is 0 Å². The molecule has 12 heteroatoms. The highest BCUT2D eigenvalue weighted by molar-refractivity contribution is 6.06. The number of allylic oxidation sites excluding steroid dienone is 2. The van der Waals surface area contributed by atoms with Gasteiger partial charge >= 0.3 is 0 Å². The number of hydrogen-bond acceptors (Lipinski definition) is 11. The Bertz CT molecular complexity index is 3030. The predicted octanol–water partition coefficient (Wildman–Crippen LogP) is 9.49. The fraction of sp³-hybridized carbons (Fsp3) is 0.469. The molecule has 10 atom stereocenters. The second-order valence-electron chi connectivity index (χ2n) is 22.7. The first-order chi connectivity index (χ1) is 36.8. The van der Waals surface area contributed by atoms with Gasteiger partial charge in [0.15, 0.2) is 29.2 Å². The van der Waals surface area contributed by atoms with Crippen molar-refractivity contribution in [2.75, 3.05) is 32.1 Å². The Kier molecular flexibility index (Phi) is 16.1. The molecule has 1 aromatic heterocycles. The molecule has 0 unspecified atom stereocenters. The number of β-amino-alcohol motifs (C(OH)–C–C–N with tert-alkyl or cyclic N) is 1. The third-order valence-corrected chi connectivity index (χ3v) is 17.9. The van der Waals surface area contributed by atoms with Gasteiger partial charge in [-0.15, -0.1) is 0 Å². The van der Waals surface area contributed by atoms with Gasteiger partial charge in [-0.2, -0.15) is 0 Å². The molecule has 2 fully saturated rings. The number of aromatic nitrogens is 1. The molecule has 0 radical (unpaired) electrons. The monoisotopic (exact) mass is 1030 g/mol. The summed E-state index contributed by atoms with van der Waals surface area (Å²) in [5, 5.41) is 71.1. The molecular weight excluding hydrogens is 953 g/mol. The summed E-state index contributed by atoms with van der Waals surface area (Å²) in [6.45, 7) is 5.83. The van der Waals surface area contributed by atoms with E-state index in [0.717, 1.165) is 89.8 Å². The van der Waals surface area contributed by atoms with E-state index in [9.17, 15) is 30.3 Å². The maximum Gasteiger partial charge on any atom is 0.173 e. The van der Waals surface area contributed by atoms with Gasteiger partial charge in [-0.05, 0) is 149 Å². The van der Waals surface area contributed by atoms with Crippen LogP contribution in [0.3, 0.4) is 0 Å². The Morgan fingerprint density at radius 3 is 2.43 bits per heavy atom. The number of H-pyrrole nitrogens is 1. The Morgan fingerprint density at radius 1 is 0.842 bits per heavy atom. The summed E-state index contributed by atoms with van der Waals surface area (Å²) in [7, 11) is 1.49. The first-order valence-electron chi connectivity index (χ1n) is 27.9. The van der Waals surface area contributed by atoms with Crippen LogP contribution < -0.4 is 20.7 Å². The van der Waals surface area contributed by atoms with Crippen molar-refractivity contribution in [1.82, 2.24) is 15.6 Å². The molecule has 3 aliphatic carbocycles. The number of carbonyl (C=O) groups excluding carboxylic acids is 2. The maximum atomic E-state index is 15.3. The number of Topliss-reactive ketones (excluding diaryl/α,β-unsaturated/α-hetero) is 2. The summed E-state index contributed by atoms with van der Waals surface area (Å²) in [6, 6.07) is 25.4. The lowest BCUT2D eigenvalue weighted by atomic mass is 9.62. The molecule has 0 amide bonds. The molecule has 76 heavy (non-hydrogen) atoms. The van der Waals surface area contributed by atoms with E-state index in [2.05, 4.69) is 64.8 Å². The van der Waals surface area contributed by atoms with Crippen molar-refractivity contribution in [3.05, 3.63) is 142 Å². The number of aliphatic hydroxyl groups excluding tert-OH is 3. The zero-order valence-corrected chi connectivity index (χ0v) is 44.3. The van der Waals surface area contributed by atoms with E-state index in [4.69, 9.17) is 4.74 Å². The minimum Gasteiger partial charge on any atom is -0.507 e. The summed E-state index contributed by atoms with van der Waals surface area (Å²) in [6.07, 6.45) is 11.1. The van der Waals surface area contributed by atoms with Crippen LogP contribution in [0.25, 0.3) is 10.8 Å². The normalized spacial score (nSPS) is 28.3. The van der Waals surface area contributed by atoms with Gasteiger partial charge in [0.05, 0.1) is 25.2 Å². The number of aliphatic hydroxyl groups is 3. The average molecular weight is 1030 g/mol. The molecule has 5 aliphatic rings. The number of aryl methyl sites for hydroxylation is 1. The van der Waals surface area contributed by atoms with E-state index in [1.165, 1.54) is 12.7 Å². The number of fused-ring (bicyclic) bond motifs is 11. The number of phenolic OH excluding ortho intramolecular Hbond substituents is 2. The van der Waals surface area contributed by atoms with E-state index in [1.807, 2.05) is 66.9 Å². The predicted molar refractivity (Wildman–Crippen MR) is 297 cm³/mol. The molecule has 10 rings (SSSR count). The number of methoxy groups -OCH3 is 1. The van der Waals surface area contributed by atoms with Crippen LogP contribution in [-0.4, -0.2) is 87.1 Å². The van der Waals surface area contributed by atoms with Crippen LogP contribution in [0.1, 0.15) is 123 Å². The van der Waals surface area contributed by atoms with E-state index in [1.54, 1.807) is 12.1 Å². The van der Waals surface area contributed by atoms with Crippen LogP contribution in [0.5, 0.6) is 17.2 Å². The molecule has 2 saturated carbocycles. The Morgan fingerprint density at radius 2 is 1.64 bits per heavy atom. The first-order valence-corrected chi connectivity index (χ1v) is 27.9. The third kappa shape index (κ3) is 11.1. The van der Waals surface area contributed by atoms with Gasteiger partial charge in [-0.25, -0.2) is 0 Å². The van der Waals surface area contributed by atoms with Gasteiger partial charge in [-0.3, -0.25) is 9.59 Å². The molecule has 0 saturated heterocycles. The number of dihydropyridines is 1. The highest BCUT2D eigenvalue weighted by Gasteiger charge is 2.51. The SMILES string of the molecule is CCC[C@@H]1[C@@H]2C[C@@H](C[C@@H]3C#C[C@@H](c4ccccc4)c4cc(O)c(OC)cc4CCC(=O)[C@@H](O)C(=O)[C@H]3C2)C2(CCCC2)C2=CCNC(=C2)Nc2ccc3ccc(c(O)c3c2)C[C@@H](O)CNC[C@H](C)c2c[nH]c(c2)C[C@H]1O. The maximum absolute atomic E-state index is 15.3. The molecule has 3 heterocycles. The Labute approximate surface area is 447 Å². The topological polar surface area (TPSA) is 196 Å². The van der Waals surface area contributed by atoms with Crippen molar-refractivity contribution in [3.63, 3.8) is 0 Å². The average Bonchev–Trinajstić information content (AvgIpc) is 4.09. The van der Waals surface area contributed by atoms with E-state index < -0.39 is 47.6 Å². The number of benzene rings is 4. The second kappa shape index (κ2) is 23.1. The lowest BCUT2D eigenvalue weighted by Crippen LogP contribution is -2.40. The molecule has 4 aromatic carbocycles. The molecule has 5 aromatic rings. The minimum atomic E-state index is -1.84. The zero-order valence-electron chi connectivity index (χ0n) is 44.3. The number of aromatic hydroxyl groups is 2. The summed E-state index contributed by atoms with van der Waals surface area (Å²) in [5.74, 6) is 5.52. The smallest absolute Gasteiger partial charge is 0.173 e. The highest BCUT2D eigenvalue weighted by Crippen LogP contribution is 2.58. The lowest BCUT2D eigenvalue weighted by molar-refractivity contribution is -0.142. The summed E-state index contributed by atoms with van der Waals surface area (Å²) < 4.78 is 5.55. The number of hydrogen-bond donors (Lipinski definition) is 9. The molecule has 400 valence electrons. The Balaban J connectivity index is 1.12. The fourth-order valence-electron chi connectivity index (χ4n) is 13.9. The van der Waals surface area contributed by atoms with Crippen molar-refractivity contribution in [1.29, 1.82) is 0 Å². The van der Waals surface area contributed by atoms with Gasteiger partial charge < -0.3 is 51.2 Å². The van der Waals surface area contributed by atoms with Crippen LogP contribution >= 0.6 is 0 Å². The van der Waals surface area contributed by atoms with Gasteiger partial charge in [0.2, 0.25) is 0 Å². The molecular formula is C64H76N4O8. The summed E-state index contributed by atoms with van der Waals surface area (Å²) >= 11 is 0. The minimum absolute atomic E-state index is 0.00771. The standard InChI is InChI=1S/C64H76N4O8/c1-4-10-52-44-26-47(25-41-16-19-51(39-11-6-5-7-12-39)53-34-58(72)59(76-3)30-42(53)17-20-56(70)63(75)62(74)54(41)29-44)64(22-8-9-23-64)46-21-24-66-60(31-46)68-48-18-15-40-13-14-43(61(73)55(40)32-48)28-50(69)37-65-35-38(2)45-27-49(67-36-45)33-57(52)71/h5-7,11-15,18,21,27,30-32,34,36,38,41,44,47,50-52,54,57,63,65-69,71-73,75H,4,8-10,17,20,22-26,28-29,33,35,37H2,1-3H3/t38-,41-,44+,47+,50+,51-,52+,54-,57+,63+/m0/s1. The molecule has 9 bridgehead atoms. The number of carbonyl (C=O) groups is 2. The van der Waals surface area contributed by atoms with Crippen molar-refractivity contribution < 1.29 is 39.9 Å². The number of phenols is 2. The van der Waals surface area contributed by atoms with Gasteiger partial charge in [-0.1, -0.05) is 99.6 Å². The lowest BCUT2D eigenvalue weighted by Gasteiger charge is -2.43. The van der Waals surface area contributed by atoms with Crippen molar-refractivity contribution in [3.8, 4) is 29.1 Å². The van der Waals surface area contributed by atoms with Crippen LogP contribution in [0, 0.1) is 46.8 Å². The number of aromatic amines is 1. The van der Waals surface area contributed by atoms with Crippen LogP contribution in [-0.2, 0) is 28.9 Å². The van der Waals surface area contributed by atoms with E-state index in [-0.39, 0.29) is 59.2 Å². The molecule has 1 spiro atoms. The Hall–Kier alpha value is -6.36. The quantitative estimate of drug-likeness (QED) is 0.0615.